The van der Waals surface area contributed by atoms with Gasteiger partial charge < -0.3 is 5.40 Å². The molecule has 0 unspecified atom stereocenters. The van der Waals surface area contributed by atoms with Crippen LogP contribution >= 0.6 is 0 Å². The summed E-state index contributed by atoms with van der Waals surface area (Å²) in [6.45, 7) is 2.20. The Morgan fingerprint density at radius 1 is 1.67 bits per heavy atom. The zero-order chi connectivity index (χ0) is 4.83. The number of hydrogen-bond acceptors (Lipinski definition) is 1. The first-order chi connectivity index (χ1) is 2.91. The van der Waals surface area contributed by atoms with Crippen molar-refractivity contribution in [2.75, 3.05) is 0 Å². The summed E-state index contributed by atoms with van der Waals surface area (Å²) in [5.74, 6) is 0. The second-order valence-electron chi connectivity index (χ2n) is 1.50. The molecule has 0 aromatic heterocycles. The van der Waals surface area contributed by atoms with Crippen LogP contribution in [0.5, 0.6) is 0 Å². The van der Waals surface area contributed by atoms with Crippen molar-refractivity contribution in [3.05, 3.63) is 0 Å². The lowest BCUT2D eigenvalue weighted by molar-refractivity contribution is 0.878. The number of rotatable bonds is 3. The molecule has 0 spiro atoms. The average molecular weight is 103 g/mol. The second-order valence-corrected chi connectivity index (χ2v) is 2.78. The summed E-state index contributed by atoms with van der Waals surface area (Å²) in [6, 6.07) is 1.33. The zero-order valence-electron chi connectivity index (χ0n) is 4.41. The van der Waals surface area contributed by atoms with Gasteiger partial charge in [0, 0.05) is 0 Å². The van der Waals surface area contributed by atoms with E-state index in [2.05, 4.69) is 6.92 Å². The van der Waals surface area contributed by atoms with Crippen LogP contribution in [-0.2, 0) is 0 Å². The van der Waals surface area contributed by atoms with Gasteiger partial charge in [0.1, 0.15) is 0 Å². The van der Waals surface area contributed by atoms with E-state index >= 15 is 0 Å². The van der Waals surface area contributed by atoms with Crippen molar-refractivity contribution in [1.29, 1.82) is 0 Å². The van der Waals surface area contributed by atoms with Gasteiger partial charge in [-0.15, -0.1) is 0 Å². The molecular weight excluding hydrogens is 90.1 g/mol. The van der Waals surface area contributed by atoms with E-state index in [4.69, 9.17) is 5.40 Å². The lowest BCUT2D eigenvalue weighted by atomic mass is 10.4. The van der Waals surface area contributed by atoms with E-state index in [0.29, 0.717) is 0 Å². The van der Waals surface area contributed by atoms with Gasteiger partial charge >= 0.3 is 0 Å². The van der Waals surface area contributed by atoms with E-state index < -0.39 is 0 Å². The van der Waals surface area contributed by atoms with E-state index in [1.807, 2.05) is 0 Å². The SMILES string of the molecule is CCCC[SiH2]N. The van der Waals surface area contributed by atoms with Gasteiger partial charge in [0.25, 0.3) is 0 Å². The first-order valence-corrected chi connectivity index (χ1v) is 4.43. The first-order valence-electron chi connectivity index (χ1n) is 2.62. The maximum absolute atomic E-state index is 5.35. The molecule has 0 aliphatic heterocycles. The molecule has 0 heterocycles. The standard InChI is InChI=1S/C4H13NSi/c1-2-3-4-6-5/h2-6H2,1H3. The summed E-state index contributed by atoms with van der Waals surface area (Å²) < 4.78 is 0. The fourth-order valence-corrected chi connectivity index (χ4v) is 1.18. The highest BCUT2D eigenvalue weighted by Crippen LogP contribution is 1.88. The molecule has 6 heavy (non-hydrogen) atoms. The monoisotopic (exact) mass is 103 g/mol. The third kappa shape index (κ3) is 4.18. The summed E-state index contributed by atoms with van der Waals surface area (Å²) in [5, 5.41) is 5.35. The predicted octanol–water partition coefficient (Wildman–Crippen LogP) is 0.247. The van der Waals surface area contributed by atoms with E-state index in [9.17, 15) is 0 Å². The molecule has 0 amide bonds. The van der Waals surface area contributed by atoms with Crippen molar-refractivity contribution < 1.29 is 0 Å². The molecule has 0 rings (SSSR count). The van der Waals surface area contributed by atoms with Gasteiger partial charge in [-0.25, -0.2) is 0 Å². The molecule has 0 saturated heterocycles. The van der Waals surface area contributed by atoms with Crippen molar-refractivity contribution in [2.45, 2.75) is 25.8 Å². The summed E-state index contributed by atoms with van der Waals surface area (Å²) in [6.07, 6.45) is 2.66. The lowest BCUT2D eigenvalue weighted by Crippen LogP contribution is -2.01. The minimum Gasteiger partial charge on any atom is -0.356 e. The molecule has 1 nitrogen and oxygen atoms in total. The molecule has 0 fully saturated rings. The Hall–Kier alpha value is 0.177. The Balaban J connectivity index is 2.34. The van der Waals surface area contributed by atoms with Crippen LogP contribution in [0.4, 0.5) is 0 Å². The average Bonchev–Trinajstić information content (AvgIpc) is 1.61. The Morgan fingerprint density at radius 3 is 2.50 bits per heavy atom. The van der Waals surface area contributed by atoms with Gasteiger partial charge in [-0.3, -0.25) is 0 Å². The number of nitrogens with two attached hydrogens (primary N) is 1. The Kier molecular flexibility index (Phi) is 5.33. The summed E-state index contributed by atoms with van der Waals surface area (Å²) in [7, 11) is -0.0970. The molecular formula is C4H13NSi. The maximum atomic E-state index is 5.35. The van der Waals surface area contributed by atoms with Crippen molar-refractivity contribution in [1.82, 2.24) is 0 Å². The highest BCUT2D eigenvalue weighted by molar-refractivity contribution is 6.30. The van der Waals surface area contributed by atoms with Crippen molar-refractivity contribution in [2.24, 2.45) is 5.40 Å². The van der Waals surface area contributed by atoms with E-state index in [1.165, 1.54) is 18.9 Å². The predicted molar refractivity (Wildman–Crippen MR) is 32.4 cm³/mol. The zero-order valence-corrected chi connectivity index (χ0v) is 5.82. The molecule has 0 atom stereocenters. The normalized spacial score (nSPS) is 11.0. The molecule has 2 heteroatoms. The van der Waals surface area contributed by atoms with Gasteiger partial charge in [0.15, 0.2) is 0 Å². The van der Waals surface area contributed by atoms with Gasteiger partial charge in [0.05, 0.1) is 9.68 Å². The summed E-state index contributed by atoms with van der Waals surface area (Å²) >= 11 is 0. The number of hydrogen-bond donors (Lipinski definition) is 1. The molecule has 0 aliphatic rings. The third-order valence-electron chi connectivity index (χ3n) is 0.808. The van der Waals surface area contributed by atoms with Crippen LogP contribution in [0.15, 0.2) is 0 Å². The van der Waals surface area contributed by atoms with E-state index in [-0.39, 0.29) is 9.68 Å². The minimum absolute atomic E-state index is 0.0970. The molecule has 0 aromatic carbocycles. The molecule has 0 saturated carbocycles. The lowest BCUT2D eigenvalue weighted by Gasteiger charge is -1.85. The van der Waals surface area contributed by atoms with Crippen LogP contribution < -0.4 is 5.40 Å². The van der Waals surface area contributed by atoms with E-state index in [0.717, 1.165) is 0 Å². The highest BCUT2D eigenvalue weighted by atomic mass is 28.2. The highest BCUT2D eigenvalue weighted by Gasteiger charge is 1.76. The van der Waals surface area contributed by atoms with Crippen LogP contribution in [-0.4, -0.2) is 9.68 Å². The second kappa shape index (κ2) is 5.18. The van der Waals surface area contributed by atoms with Crippen LogP contribution in [0.25, 0.3) is 0 Å². The third-order valence-corrected chi connectivity index (χ3v) is 1.72. The Morgan fingerprint density at radius 2 is 2.33 bits per heavy atom. The Bertz CT molecular complexity index is 19.5. The minimum atomic E-state index is -0.0970. The molecule has 0 bridgehead atoms. The molecule has 0 radical (unpaired) electrons. The van der Waals surface area contributed by atoms with Gasteiger partial charge in [0.2, 0.25) is 0 Å². The topological polar surface area (TPSA) is 26.0 Å². The summed E-state index contributed by atoms with van der Waals surface area (Å²) in [4.78, 5) is 0. The van der Waals surface area contributed by atoms with Crippen molar-refractivity contribution >= 4 is 9.68 Å². The number of unbranched alkanes of at least 4 members (excludes halogenated alkanes) is 1. The smallest absolute Gasteiger partial charge is 0.0887 e. The van der Waals surface area contributed by atoms with Crippen molar-refractivity contribution in [3.63, 3.8) is 0 Å². The molecule has 0 aliphatic carbocycles. The summed E-state index contributed by atoms with van der Waals surface area (Å²) in [5.41, 5.74) is 0. The van der Waals surface area contributed by atoms with Crippen LogP contribution in [0.3, 0.4) is 0 Å². The maximum Gasteiger partial charge on any atom is 0.0887 e. The molecule has 0 aromatic rings. The fourth-order valence-electron chi connectivity index (χ4n) is 0.394. The quantitative estimate of drug-likeness (QED) is 0.402. The first kappa shape index (κ1) is 6.18. The molecule has 2 N–H and O–H groups in total. The Labute approximate surface area is 41.8 Å². The van der Waals surface area contributed by atoms with Crippen LogP contribution in [0.2, 0.25) is 6.04 Å². The molecule has 38 valence electrons. The van der Waals surface area contributed by atoms with Crippen LogP contribution in [0.1, 0.15) is 19.8 Å². The van der Waals surface area contributed by atoms with Gasteiger partial charge in [-0.05, 0) is 0 Å². The van der Waals surface area contributed by atoms with E-state index in [1.54, 1.807) is 0 Å². The van der Waals surface area contributed by atoms with Crippen LogP contribution in [0, 0.1) is 0 Å². The largest absolute Gasteiger partial charge is 0.356 e. The van der Waals surface area contributed by atoms with Gasteiger partial charge in [-0.1, -0.05) is 25.8 Å². The van der Waals surface area contributed by atoms with Gasteiger partial charge in [-0.2, -0.15) is 0 Å². The van der Waals surface area contributed by atoms with Crippen molar-refractivity contribution in [3.8, 4) is 0 Å². The fraction of sp³-hybridized carbons (Fsp3) is 1.00.